The standard InChI is InChI=1S/C19H30I2N2O4/c1-3-22(14-17(24)25)10-6-15-4-5-16(19(27-2)18(15)26)7-11-23(12-8-20)13-9-21/h4-5,26H,3,6-14H2,1-2H3,(H,24,25). The minimum atomic E-state index is -0.837. The molecule has 0 fully saturated rings. The molecule has 0 aromatic heterocycles. The average Bonchev–Trinajstić information content (AvgIpc) is 2.64. The molecule has 0 heterocycles. The fourth-order valence-electron chi connectivity index (χ4n) is 2.95. The zero-order chi connectivity index (χ0) is 20.2. The number of carboxylic acid groups (broad SMARTS) is 1. The van der Waals surface area contributed by atoms with Gasteiger partial charge in [-0.15, -0.1) is 0 Å². The van der Waals surface area contributed by atoms with Gasteiger partial charge in [0, 0.05) is 35.0 Å². The average molecular weight is 604 g/mol. The van der Waals surface area contributed by atoms with E-state index in [0.29, 0.717) is 25.3 Å². The van der Waals surface area contributed by atoms with E-state index in [-0.39, 0.29) is 12.3 Å². The first-order chi connectivity index (χ1) is 13.0. The number of hydrogen-bond donors (Lipinski definition) is 2. The van der Waals surface area contributed by atoms with Crippen LogP contribution < -0.4 is 4.74 Å². The summed E-state index contributed by atoms with van der Waals surface area (Å²) >= 11 is 4.79. The number of methoxy groups -OCH3 is 1. The lowest BCUT2D eigenvalue weighted by molar-refractivity contribution is -0.138. The molecule has 1 aromatic rings. The van der Waals surface area contributed by atoms with Crippen molar-refractivity contribution >= 4 is 51.2 Å². The fraction of sp³-hybridized carbons (Fsp3) is 0.632. The predicted molar refractivity (Wildman–Crippen MR) is 126 cm³/mol. The third kappa shape index (κ3) is 8.70. The smallest absolute Gasteiger partial charge is 0.317 e. The Morgan fingerprint density at radius 1 is 1.04 bits per heavy atom. The van der Waals surface area contributed by atoms with Gasteiger partial charge in [-0.1, -0.05) is 64.2 Å². The molecule has 0 radical (unpaired) electrons. The van der Waals surface area contributed by atoms with Crippen LogP contribution in [0.1, 0.15) is 18.1 Å². The largest absolute Gasteiger partial charge is 0.504 e. The highest BCUT2D eigenvalue weighted by atomic mass is 127. The molecule has 0 spiro atoms. The van der Waals surface area contributed by atoms with Crippen LogP contribution in [-0.4, -0.2) is 81.2 Å². The number of likely N-dealkylation sites (N-methyl/N-ethyl adjacent to an activating group) is 1. The quantitative estimate of drug-likeness (QED) is 0.252. The van der Waals surface area contributed by atoms with E-state index in [9.17, 15) is 9.90 Å². The highest BCUT2D eigenvalue weighted by Crippen LogP contribution is 2.34. The van der Waals surface area contributed by atoms with Gasteiger partial charge in [0.15, 0.2) is 11.5 Å². The Hall–Kier alpha value is -0.330. The number of phenols is 1. The topological polar surface area (TPSA) is 73.2 Å². The number of phenolic OH excluding ortho intramolecular Hbond substituents is 1. The van der Waals surface area contributed by atoms with E-state index >= 15 is 0 Å². The molecule has 0 aliphatic heterocycles. The van der Waals surface area contributed by atoms with E-state index in [1.165, 1.54) is 0 Å². The summed E-state index contributed by atoms with van der Waals surface area (Å²) in [5.41, 5.74) is 1.79. The Morgan fingerprint density at radius 3 is 2.11 bits per heavy atom. The van der Waals surface area contributed by atoms with Crippen LogP contribution in [0.3, 0.4) is 0 Å². The number of halogens is 2. The molecule has 0 unspecified atom stereocenters. The fourth-order valence-corrected chi connectivity index (χ4v) is 4.32. The van der Waals surface area contributed by atoms with Gasteiger partial charge in [0.25, 0.3) is 0 Å². The van der Waals surface area contributed by atoms with Crippen molar-refractivity contribution in [1.82, 2.24) is 9.80 Å². The molecule has 0 bridgehead atoms. The third-order valence-electron chi connectivity index (χ3n) is 4.50. The Labute approximate surface area is 189 Å². The van der Waals surface area contributed by atoms with Crippen LogP contribution >= 0.6 is 45.2 Å². The molecule has 0 amide bonds. The van der Waals surface area contributed by atoms with E-state index in [1.54, 1.807) is 7.11 Å². The van der Waals surface area contributed by atoms with E-state index in [1.807, 2.05) is 24.0 Å². The first-order valence-corrected chi connectivity index (χ1v) is 12.2. The first-order valence-electron chi connectivity index (χ1n) is 9.12. The van der Waals surface area contributed by atoms with Crippen molar-refractivity contribution in [3.8, 4) is 11.5 Å². The SMILES string of the molecule is CCN(CCc1ccc(CCN(CCI)CCI)c(OC)c1O)CC(=O)O. The second kappa shape index (κ2) is 13.8. The van der Waals surface area contributed by atoms with Crippen molar-refractivity contribution in [2.24, 2.45) is 0 Å². The molecule has 0 aliphatic carbocycles. The van der Waals surface area contributed by atoms with Crippen LogP contribution in [0, 0.1) is 0 Å². The Kier molecular flexibility index (Phi) is 12.6. The van der Waals surface area contributed by atoms with Crippen molar-refractivity contribution in [2.45, 2.75) is 19.8 Å². The van der Waals surface area contributed by atoms with E-state index in [4.69, 9.17) is 9.84 Å². The normalized spacial score (nSPS) is 11.3. The van der Waals surface area contributed by atoms with Crippen LogP contribution in [-0.2, 0) is 17.6 Å². The molecular formula is C19H30I2N2O4. The highest BCUT2D eigenvalue weighted by Gasteiger charge is 2.16. The van der Waals surface area contributed by atoms with Gasteiger partial charge in [-0.3, -0.25) is 9.69 Å². The molecule has 0 saturated heterocycles. The van der Waals surface area contributed by atoms with Crippen molar-refractivity contribution in [1.29, 1.82) is 0 Å². The summed E-state index contributed by atoms with van der Waals surface area (Å²) in [5.74, 6) is -0.120. The predicted octanol–water partition coefficient (Wildman–Crippen LogP) is 3.06. The number of carboxylic acids is 1. The van der Waals surface area contributed by atoms with Gasteiger partial charge in [0.1, 0.15) is 0 Å². The maximum absolute atomic E-state index is 10.9. The second-order valence-corrected chi connectivity index (χ2v) is 8.41. The molecule has 6 nitrogen and oxygen atoms in total. The molecule has 1 rings (SSSR count). The van der Waals surface area contributed by atoms with Gasteiger partial charge in [-0.2, -0.15) is 0 Å². The molecule has 1 aromatic carbocycles. The highest BCUT2D eigenvalue weighted by molar-refractivity contribution is 14.1. The zero-order valence-electron chi connectivity index (χ0n) is 16.1. The van der Waals surface area contributed by atoms with Crippen LogP contribution in [0.4, 0.5) is 0 Å². The summed E-state index contributed by atoms with van der Waals surface area (Å²) in [4.78, 5) is 15.2. The Balaban J connectivity index is 2.81. The number of ether oxygens (including phenoxy) is 1. The van der Waals surface area contributed by atoms with Gasteiger partial charge in [0.05, 0.1) is 13.7 Å². The lowest BCUT2D eigenvalue weighted by Gasteiger charge is -2.22. The summed E-state index contributed by atoms with van der Waals surface area (Å²) < 4.78 is 7.68. The zero-order valence-corrected chi connectivity index (χ0v) is 20.4. The summed E-state index contributed by atoms with van der Waals surface area (Å²) in [6.07, 6.45) is 1.41. The minimum Gasteiger partial charge on any atom is -0.504 e. The number of hydrogen-bond acceptors (Lipinski definition) is 5. The van der Waals surface area contributed by atoms with Crippen molar-refractivity contribution in [3.63, 3.8) is 0 Å². The molecule has 27 heavy (non-hydrogen) atoms. The van der Waals surface area contributed by atoms with Gasteiger partial charge >= 0.3 is 5.97 Å². The number of benzene rings is 1. The van der Waals surface area contributed by atoms with Crippen molar-refractivity contribution in [3.05, 3.63) is 23.3 Å². The Morgan fingerprint density at radius 2 is 1.59 bits per heavy atom. The van der Waals surface area contributed by atoms with Gasteiger partial charge in [-0.05, 0) is 30.5 Å². The molecule has 0 aliphatic rings. The van der Waals surface area contributed by atoms with Gasteiger partial charge < -0.3 is 19.8 Å². The van der Waals surface area contributed by atoms with E-state index in [2.05, 4.69) is 50.1 Å². The number of nitrogens with zero attached hydrogens (tertiary/aromatic N) is 2. The number of aliphatic carboxylic acids is 1. The van der Waals surface area contributed by atoms with E-state index < -0.39 is 5.97 Å². The van der Waals surface area contributed by atoms with Crippen LogP contribution in [0.15, 0.2) is 12.1 Å². The van der Waals surface area contributed by atoms with Crippen LogP contribution in [0.25, 0.3) is 0 Å². The molecular weight excluding hydrogens is 574 g/mol. The molecule has 8 heteroatoms. The maximum Gasteiger partial charge on any atom is 0.317 e. The number of rotatable bonds is 14. The van der Waals surface area contributed by atoms with Gasteiger partial charge in [0.2, 0.25) is 0 Å². The first kappa shape index (κ1) is 24.7. The molecule has 154 valence electrons. The Bertz CT molecular complexity index is 581. The summed E-state index contributed by atoms with van der Waals surface area (Å²) in [7, 11) is 1.58. The molecule has 2 N–H and O–H groups in total. The number of alkyl halides is 2. The molecule has 0 atom stereocenters. The summed E-state index contributed by atoms with van der Waals surface area (Å²) in [5, 5.41) is 19.6. The third-order valence-corrected chi connectivity index (χ3v) is 5.47. The van der Waals surface area contributed by atoms with Crippen LogP contribution in [0.2, 0.25) is 0 Å². The number of carbonyl (C=O) groups is 1. The lowest BCUT2D eigenvalue weighted by atomic mass is 10.0. The summed E-state index contributed by atoms with van der Waals surface area (Å²) in [6, 6.07) is 3.95. The van der Waals surface area contributed by atoms with E-state index in [0.717, 1.165) is 46.0 Å². The lowest BCUT2D eigenvalue weighted by Crippen LogP contribution is -2.31. The molecule has 0 saturated carbocycles. The number of aromatic hydroxyl groups is 1. The van der Waals surface area contributed by atoms with Gasteiger partial charge in [-0.25, -0.2) is 0 Å². The van der Waals surface area contributed by atoms with Crippen LogP contribution in [0.5, 0.6) is 11.5 Å². The summed E-state index contributed by atoms with van der Waals surface area (Å²) in [6.45, 7) is 6.24. The maximum atomic E-state index is 10.9. The van der Waals surface area contributed by atoms with Crippen molar-refractivity contribution in [2.75, 3.05) is 55.2 Å². The minimum absolute atomic E-state index is 0.00986. The van der Waals surface area contributed by atoms with Crippen molar-refractivity contribution < 1.29 is 19.7 Å². The second-order valence-electron chi connectivity index (χ2n) is 6.25. The monoisotopic (exact) mass is 604 g/mol.